The molecule has 0 amide bonds. The van der Waals surface area contributed by atoms with Gasteiger partial charge in [-0.15, -0.1) is 0 Å². The van der Waals surface area contributed by atoms with Crippen LogP contribution in [0.3, 0.4) is 0 Å². The van der Waals surface area contributed by atoms with Crippen LogP contribution in [-0.4, -0.2) is 50.8 Å². The van der Waals surface area contributed by atoms with E-state index in [4.69, 9.17) is 4.74 Å². The summed E-state index contributed by atoms with van der Waals surface area (Å²) in [6, 6.07) is 0.866. The predicted molar refractivity (Wildman–Crippen MR) is 68.9 cm³/mol. The van der Waals surface area contributed by atoms with Crippen molar-refractivity contribution >= 4 is 0 Å². The van der Waals surface area contributed by atoms with Gasteiger partial charge in [0.2, 0.25) is 0 Å². The predicted octanol–water partition coefficient (Wildman–Crippen LogP) is 1.88. The van der Waals surface area contributed by atoms with E-state index in [1.165, 1.54) is 38.8 Å². The Kier molecular flexibility index (Phi) is 7.81. The highest BCUT2D eigenvalue weighted by atomic mass is 16.5. The van der Waals surface area contributed by atoms with Crippen LogP contribution in [0.25, 0.3) is 0 Å². The number of nitrogens with one attached hydrogen (secondary N) is 1. The number of methoxy groups -OCH3 is 1. The summed E-state index contributed by atoms with van der Waals surface area (Å²) in [4.78, 5) is 2.64. The Balaban J connectivity index is 2.00. The quantitative estimate of drug-likeness (QED) is 0.610. The van der Waals surface area contributed by atoms with Crippen molar-refractivity contribution in [1.29, 1.82) is 0 Å². The van der Waals surface area contributed by atoms with Gasteiger partial charge >= 0.3 is 0 Å². The van der Waals surface area contributed by atoms with Crippen LogP contribution in [0.5, 0.6) is 0 Å². The number of hydrogen-bond acceptors (Lipinski definition) is 3. The van der Waals surface area contributed by atoms with E-state index in [1.807, 2.05) is 0 Å². The van der Waals surface area contributed by atoms with E-state index in [2.05, 4.69) is 17.1 Å². The molecule has 0 saturated heterocycles. The van der Waals surface area contributed by atoms with Crippen molar-refractivity contribution in [2.75, 3.05) is 39.9 Å². The highest BCUT2D eigenvalue weighted by Gasteiger charge is 2.20. The molecule has 0 atom stereocenters. The zero-order valence-electron chi connectivity index (χ0n) is 11.0. The largest absolute Gasteiger partial charge is 0.385 e. The molecule has 1 aliphatic rings. The molecule has 3 nitrogen and oxygen atoms in total. The second-order valence-electron chi connectivity index (χ2n) is 4.66. The first kappa shape index (κ1) is 13.9. The Morgan fingerprint density at radius 2 is 2.00 bits per heavy atom. The van der Waals surface area contributed by atoms with Gasteiger partial charge < -0.3 is 10.1 Å². The summed E-state index contributed by atoms with van der Waals surface area (Å²) in [5.74, 6) is 0. The van der Waals surface area contributed by atoms with Gasteiger partial charge in [-0.25, -0.2) is 0 Å². The van der Waals surface area contributed by atoms with E-state index < -0.39 is 0 Å². The molecule has 1 aliphatic carbocycles. The van der Waals surface area contributed by atoms with Crippen LogP contribution >= 0.6 is 0 Å². The monoisotopic (exact) mass is 228 g/mol. The van der Waals surface area contributed by atoms with Crippen molar-refractivity contribution in [3.05, 3.63) is 0 Å². The Morgan fingerprint density at radius 1 is 1.25 bits per heavy atom. The van der Waals surface area contributed by atoms with Crippen molar-refractivity contribution in [2.45, 2.75) is 45.1 Å². The fourth-order valence-electron chi connectivity index (χ4n) is 2.56. The Labute approximate surface area is 101 Å². The molecular weight excluding hydrogens is 200 g/mol. The molecule has 16 heavy (non-hydrogen) atoms. The van der Waals surface area contributed by atoms with Gasteiger partial charge in [-0.3, -0.25) is 4.90 Å². The maximum Gasteiger partial charge on any atom is 0.0474 e. The standard InChI is InChI=1S/C13H28N2O/c1-3-15(13-7-4-5-8-13)11-10-14-9-6-12-16-2/h13-14H,3-12H2,1-2H3. The number of hydrogen-bond donors (Lipinski definition) is 1. The number of nitrogens with zero attached hydrogens (tertiary/aromatic N) is 1. The summed E-state index contributed by atoms with van der Waals surface area (Å²) in [5.41, 5.74) is 0. The van der Waals surface area contributed by atoms with Crippen LogP contribution in [0.1, 0.15) is 39.0 Å². The van der Waals surface area contributed by atoms with Crippen molar-refractivity contribution in [1.82, 2.24) is 10.2 Å². The average Bonchev–Trinajstić information content (AvgIpc) is 2.82. The molecule has 3 heteroatoms. The maximum atomic E-state index is 5.02. The van der Waals surface area contributed by atoms with E-state index in [0.29, 0.717) is 0 Å². The lowest BCUT2D eigenvalue weighted by Crippen LogP contribution is -2.38. The molecular formula is C13H28N2O. The lowest BCUT2D eigenvalue weighted by Gasteiger charge is -2.27. The molecule has 1 N–H and O–H groups in total. The third-order valence-electron chi connectivity index (χ3n) is 3.53. The molecule has 0 radical (unpaired) electrons. The van der Waals surface area contributed by atoms with Crippen molar-refractivity contribution in [3.63, 3.8) is 0 Å². The first-order valence-corrected chi connectivity index (χ1v) is 6.82. The first-order valence-electron chi connectivity index (χ1n) is 6.82. The second kappa shape index (κ2) is 8.97. The van der Waals surface area contributed by atoms with Crippen LogP contribution in [0.15, 0.2) is 0 Å². The van der Waals surface area contributed by atoms with Crippen molar-refractivity contribution in [3.8, 4) is 0 Å². The Morgan fingerprint density at radius 3 is 2.62 bits per heavy atom. The van der Waals surface area contributed by atoms with Gasteiger partial charge in [0.25, 0.3) is 0 Å². The SMILES string of the molecule is CCN(CCNCCCOC)C1CCCC1. The van der Waals surface area contributed by atoms with E-state index in [1.54, 1.807) is 7.11 Å². The van der Waals surface area contributed by atoms with Gasteiger partial charge in [-0.05, 0) is 32.4 Å². The number of ether oxygens (including phenoxy) is 1. The molecule has 96 valence electrons. The molecule has 0 unspecified atom stereocenters. The zero-order valence-corrected chi connectivity index (χ0v) is 11.0. The van der Waals surface area contributed by atoms with Gasteiger partial charge in [-0.2, -0.15) is 0 Å². The van der Waals surface area contributed by atoms with E-state index in [9.17, 15) is 0 Å². The van der Waals surface area contributed by atoms with E-state index >= 15 is 0 Å². The van der Waals surface area contributed by atoms with Crippen LogP contribution in [0.4, 0.5) is 0 Å². The minimum Gasteiger partial charge on any atom is -0.385 e. The summed E-state index contributed by atoms with van der Waals surface area (Å²) in [7, 11) is 1.76. The molecule has 0 spiro atoms. The van der Waals surface area contributed by atoms with Gasteiger partial charge in [0.15, 0.2) is 0 Å². The second-order valence-corrected chi connectivity index (χ2v) is 4.66. The van der Waals surface area contributed by atoms with Crippen LogP contribution < -0.4 is 5.32 Å². The summed E-state index contributed by atoms with van der Waals surface area (Å²) in [5, 5.41) is 3.49. The third kappa shape index (κ3) is 5.28. The molecule has 0 aromatic carbocycles. The summed E-state index contributed by atoms with van der Waals surface area (Å²) >= 11 is 0. The van der Waals surface area contributed by atoms with Crippen molar-refractivity contribution < 1.29 is 4.74 Å². The summed E-state index contributed by atoms with van der Waals surface area (Å²) in [6.45, 7) is 7.75. The van der Waals surface area contributed by atoms with Gasteiger partial charge in [0, 0.05) is 32.8 Å². The van der Waals surface area contributed by atoms with Crippen LogP contribution in [-0.2, 0) is 4.74 Å². The smallest absolute Gasteiger partial charge is 0.0474 e. The fourth-order valence-corrected chi connectivity index (χ4v) is 2.56. The highest BCUT2D eigenvalue weighted by Crippen LogP contribution is 2.22. The lowest BCUT2D eigenvalue weighted by atomic mass is 10.2. The maximum absolute atomic E-state index is 5.02. The summed E-state index contributed by atoms with van der Waals surface area (Å²) < 4.78 is 5.02. The molecule has 0 bridgehead atoms. The zero-order chi connectivity index (χ0) is 11.6. The summed E-state index contributed by atoms with van der Waals surface area (Å²) in [6.07, 6.45) is 6.81. The number of likely N-dealkylation sites (N-methyl/N-ethyl adjacent to an activating group) is 1. The van der Waals surface area contributed by atoms with Gasteiger partial charge in [0.05, 0.1) is 0 Å². The topological polar surface area (TPSA) is 24.5 Å². The normalized spacial score (nSPS) is 17.4. The molecule has 0 heterocycles. The minimum atomic E-state index is 0.866. The molecule has 1 rings (SSSR count). The molecule has 1 fully saturated rings. The van der Waals surface area contributed by atoms with Crippen LogP contribution in [0, 0.1) is 0 Å². The van der Waals surface area contributed by atoms with E-state index in [0.717, 1.165) is 32.2 Å². The number of rotatable bonds is 9. The van der Waals surface area contributed by atoms with E-state index in [-0.39, 0.29) is 0 Å². The molecule has 0 aromatic rings. The van der Waals surface area contributed by atoms with Crippen LogP contribution in [0.2, 0.25) is 0 Å². The van der Waals surface area contributed by atoms with Gasteiger partial charge in [-0.1, -0.05) is 19.8 Å². The molecule has 0 aliphatic heterocycles. The first-order chi connectivity index (χ1) is 7.88. The van der Waals surface area contributed by atoms with Gasteiger partial charge in [0.1, 0.15) is 0 Å². The fraction of sp³-hybridized carbons (Fsp3) is 1.00. The Bertz CT molecular complexity index is 158. The molecule has 1 saturated carbocycles. The minimum absolute atomic E-state index is 0.866. The lowest BCUT2D eigenvalue weighted by molar-refractivity contribution is 0.190. The highest BCUT2D eigenvalue weighted by molar-refractivity contribution is 4.77. The Hall–Kier alpha value is -0.120. The molecule has 0 aromatic heterocycles. The average molecular weight is 228 g/mol. The van der Waals surface area contributed by atoms with Crippen molar-refractivity contribution in [2.24, 2.45) is 0 Å². The third-order valence-corrected chi connectivity index (χ3v) is 3.53.